The molecule has 2 aromatic heterocycles. The van der Waals surface area contributed by atoms with Gasteiger partial charge in [-0.15, -0.1) is 0 Å². The maximum Gasteiger partial charge on any atom is 0.111 e. The highest BCUT2D eigenvalue weighted by atomic mass is 16.3. The molecule has 0 aliphatic heterocycles. The number of hydrogen-bond donors (Lipinski definition) is 1. The average molecular weight is 243 g/mol. The Hall–Kier alpha value is -1.68. The molecule has 2 aromatic rings. The first-order valence-corrected chi connectivity index (χ1v) is 6.49. The summed E-state index contributed by atoms with van der Waals surface area (Å²) in [5.41, 5.74) is 1.75. The van der Waals surface area contributed by atoms with E-state index in [4.69, 9.17) is 0 Å². The molecule has 0 aromatic carbocycles. The molecule has 0 unspecified atom stereocenters. The molecule has 94 valence electrons. The molecule has 2 atom stereocenters. The largest absolute Gasteiger partial charge is 0.391 e. The Kier molecular flexibility index (Phi) is 3.11. The minimum Gasteiger partial charge on any atom is -0.391 e. The molecular formula is C14H17N3O. The van der Waals surface area contributed by atoms with Crippen molar-refractivity contribution in [2.45, 2.75) is 37.8 Å². The van der Waals surface area contributed by atoms with Crippen LogP contribution in [0.3, 0.4) is 0 Å². The highest BCUT2D eigenvalue weighted by Gasteiger charge is 2.25. The summed E-state index contributed by atoms with van der Waals surface area (Å²) in [6.45, 7) is 0. The zero-order chi connectivity index (χ0) is 12.4. The fourth-order valence-electron chi connectivity index (χ4n) is 2.57. The lowest BCUT2D eigenvalue weighted by Gasteiger charge is -2.27. The molecule has 0 spiro atoms. The topological polar surface area (TPSA) is 50.9 Å². The molecule has 1 saturated carbocycles. The zero-order valence-corrected chi connectivity index (χ0v) is 10.2. The first-order valence-electron chi connectivity index (χ1n) is 6.49. The maximum absolute atomic E-state index is 10.0. The number of nitrogens with zero attached hydrogens (tertiary/aromatic N) is 3. The SMILES string of the molecule is O[C@H]1CCCC[C@@H]1n1ccc(-c2ccccn2)n1. The van der Waals surface area contributed by atoms with Crippen LogP contribution < -0.4 is 0 Å². The second-order valence-corrected chi connectivity index (χ2v) is 4.82. The van der Waals surface area contributed by atoms with Crippen molar-refractivity contribution in [1.82, 2.24) is 14.8 Å². The lowest BCUT2D eigenvalue weighted by molar-refractivity contribution is 0.0695. The number of hydrogen-bond acceptors (Lipinski definition) is 3. The van der Waals surface area contributed by atoms with E-state index in [1.807, 2.05) is 35.1 Å². The van der Waals surface area contributed by atoms with Crippen LogP contribution >= 0.6 is 0 Å². The summed E-state index contributed by atoms with van der Waals surface area (Å²) in [6, 6.07) is 7.88. The number of rotatable bonds is 2. The van der Waals surface area contributed by atoms with Crippen molar-refractivity contribution in [3.63, 3.8) is 0 Å². The van der Waals surface area contributed by atoms with Crippen molar-refractivity contribution in [2.24, 2.45) is 0 Å². The molecule has 18 heavy (non-hydrogen) atoms. The van der Waals surface area contributed by atoms with E-state index in [0.29, 0.717) is 0 Å². The lowest BCUT2D eigenvalue weighted by atomic mass is 9.93. The van der Waals surface area contributed by atoms with E-state index in [9.17, 15) is 5.11 Å². The first-order chi connectivity index (χ1) is 8.84. The first kappa shape index (κ1) is 11.4. The van der Waals surface area contributed by atoms with Crippen LogP contribution in [-0.4, -0.2) is 26.0 Å². The molecule has 4 heteroatoms. The summed E-state index contributed by atoms with van der Waals surface area (Å²) in [5.74, 6) is 0. The molecule has 0 bridgehead atoms. The van der Waals surface area contributed by atoms with Crippen LogP contribution in [0.4, 0.5) is 0 Å². The molecule has 4 nitrogen and oxygen atoms in total. The van der Waals surface area contributed by atoms with E-state index < -0.39 is 0 Å². The quantitative estimate of drug-likeness (QED) is 0.881. The normalized spacial score (nSPS) is 24.1. The van der Waals surface area contributed by atoms with Gasteiger partial charge in [0, 0.05) is 12.4 Å². The van der Waals surface area contributed by atoms with Crippen molar-refractivity contribution in [1.29, 1.82) is 0 Å². The van der Waals surface area contributed by atoms with Crippen molar-refractivity contribution in [2.75, 3.05) is 0 Å². The summed E-state index contributed by atoms with van der Waals surface area (Å²) >= 11 is 0. The molecule has 0 amide bonds. The van der Waals surface area contributed by atoms with Crippen molar-refractivity contribution >= 4 is 0 Å². The van der Waals surface area contributed by atoms with Gasteiger partial charge in [-0.3, -0.25) is 9.67 Å². The van der Waals surface area contributed by atoms with Gasteiger partial charge in [0.25, 0.3) is 0 Å². The average Bonchev–Trinajstić information content (AvgIpc) is 2.90. The second-order valence-electron chi connectivity index (χ2n) is 4.82. The summed E-state index contributed by atoms with van der Waals surface area (Å²) < 4.78 is 1.90. The van der Waals surface area contributed by atoms with Crippen LogP contribution in [0.1, 0.15) is 31.7 Å². The van der Waals surface area contributed by atoms with E-state index in [0.717, 1.165) is 30.7 Å². The monoisotopic (exact) mass is 243 g/mol. The Labute approximate surface area is 106 Å². The number of aliphatic hydroxyl groups is 1. The molecule has 0 saturated heterocycles. The van der Waals surface area contributed by atoms with Crippen LogP contribution in [0.2, 0.25) is 0 Å². The van der Waals surface area contributed by atoms with Gasteiger partial charge in [-0.05, 0) is 31.0 Å². The number of aliphatic hydroxyl groups excluding tert-OH is 1. The Balaban J connectivity index is 1.85. The van der Waals surface area contributed by atoms with Gasteiger partial charge in [-0.1, -0.05) is 18.9 Å². The van der Waals surface area contributed by atoms with Gasteiger partial charge in [-0.25, -0.2) is 0 Å². The minimum atomic E-state index is -0.268. The fourth-order valence-corrected chi connectivity index (χ4v) is 2.57. The van der Waals surface area contributed by atoms with E-state index in [1.54, 1.807) is 6.20 Å². The van der Waals surface area contributed by atoms with Crippen LogP contribution in [0, 0.1) is 0 Å². The number of aromatic nitrogens is 3. The highest BCUT2D eigenvalue weighted by molar-refractivity contribution is 5.52. The summed E-state index contributed by atoms with van der Waals surface area (Å²) in [7, 11) is 0. The smallest absolute Gasteiger partial charge is 0.111 e. The molecule has 1 N–H and O–H groups in total. The molecular weight excluding hydrogens is 226 g/mol. The third-order valence-corrected chi connectivity index (χ3v) is 3.57. The van der Waals surface area contributed by atoms with E-state index in [1.165, 1.54) is 6.42 Å². The van der Waals surface area contributed by atoms with Crippen LogP contribution in [0.5, 0.6) is 0 Å². The Bertz CT molecular complexity index is 509. The van der Waals surface area contributed by atoms with Gasteiger partial charge in [0.05, 0.1) is 17.8 Å². The standard InChI is InChI=1S/C14H17N3O/c18-14-7-2-1-6-13(14)17-10-8-12(16-17)11-5-3-4-9-15-11/h3-5,8-10,13-14,18H,1-2,6-7H2/t13-,14-/m0/s1. The molecule has 1 fully saturated rings. The van der Waals surface area contributed by atoms with E-state index >= 15 is 0 Å². The fraction of sp³-hybridized carbons (Fsp3) is 0.429. The summed E-state index contributed by atoms with van der Waals surface area (Å²) in [5, 5.41) is 14.6. The molecule has 0 radical (unpaired) electrons. The molecule has 1 aliphatic rings. The van der Waals surface area contributed by atoms with Gasteiger partial charge >= 0.3 is 0 Å². The Morgan fingerprint density at radius 3 is 2.78 bits per heavy atom. The molecule has 1 aliphatic carbocycles. The predicted octanol–water partition coefficient (Wildman–Crippen LogP) is 2.42. The van der Waals surface area contributed by atoms with Crippen molar-refractivity contribution in [3.8, 4) is 11.4 Å². The lowest BCUT2D eigenvalue weighted by Crippen LogP contribution is -2.27. The second kappa shape index (κ2) is 4.90. The predicted molar refractivity (Wildman–Crippen MR) is 69.0 cm³/mol. The number of pyridine rings is 1. The van der Waals surface area contributed by atoms with Gasteiger partial charge in [0.1, 0.15) is 5.69 Å². The minimum absolute atomic E-state index is 0.121. The Morgan fingerprint density at radius 2 is 2.00 bits per heavy atom. The van der Waals surface area contributed by atoms with Crippen LogP contribution in [0.25, 0.3) is 11.4 Å². The van der Waals surface area contributed by atoms with Crippen LogP contribution in [-0.2, 0) is 0 Å². The van der Waals surface area contributed by atoms with Gasteiger partial charge in [0.15, 0.2) is 0 Å². The van der Waals surface area contributed by atoms with Crippen molar-refractivity contribution < 1.29 is 5.11 Å². The Morgan fingerprint density at radius 1 is 1.11 bits per heavy atom. The maximum atomic E-state index is 10.0. The van der Waals surface area contributed by atoms with Gasteiger partial charge in [0.2, 0.25) is 0 Å². The van der Waals surface area contributed by atoms with Crippen LogP contribution in [0.15, 0.2) is 36.7 Å². The van der Waals surface area contributed by atoms with Crippen molar-refractivity contribution in [3.05, 3.63) is 36.7 Å². The third kappa shape index (κ3) is 2.16. The summed E-state index contributed by atoms with van der Waals surface area (Å²) in [4.78, 5) is 4.29. The van der Waals surface area contributed by atoms with E-state index in [-0.39, 0.29) is 12.1 Å². The summed E-state index contributed by atoms with van der Waals surface area (Å²) in [6.07, 6.45) is 7.61. The molecule has 3 rings (SSSR count). The highest BCUT2D eigenvalue weighted by Crippen LogP contribution is 2.28. The molecule has 2 heterocycles. The third-order valence-electron chi connectivity index (χ3n) is 3.57. The van der Waals surface area contributed by atoms with Gasteiger partial charge in [-0.2, -0.15) is 5.10 Å². The zero-order valence-electron chi connectivity index (χ0n) is 10.2. The van der Waals surface area contributed by atoms with Gasteiger partial charge < -0.3 is 5.11 Å². The van der Waals surface area contributed by atoms with E-state index in [2.05, 4.69) is 10.1 Å².